The Morgan fingerprint density at radius 1 is 1.29 bits per heavy atom. The zero-order chi connectivity index (χ0) is 16.5. The maximum absolute atomic E-state index is 12.7. The molecule has 4 heteroatoms. The monoisotopic (exact) mass is 331 g/mol. The van der Waals surface area contributed by atoms with Crippen molar-refractivity contribution < 1.29 is 14.3 Å². The first-order valence-electron chi connectivity index (χ1n) is 9.84. The molecule has 4 fully saturated rings. The fourth-order valence-electron chi connectivity index (χ4n) is 6.21. The number of carbonyl (C=O) groups is 1. The Hall–Kier alpha value is -0.870. The number of hydrogen-bond donors (Lipinski definition) is 0. The number of carbonyl (C=O) groups excluding carboxylic acids is 1. The summed E-state index contributed by atoms with van der Waals surface area (Å²) in [7, 11) is 0. The van der Waals surface area contributed by atoms with Crippen LogP contribution in [0.15, 0.2) is 11.6 Å². The Labute approximate surface area is 144 Å². The molecule has 0 aromatic carbocycles. The standard InChI is InChI=1S/C20H29NO3/c1-13-6-9-20-16(13)17-14(7-8-19(20,2)24-20)15(18(22)23-17)12-21-10-4-3-5-11-21/h6,14-17H,3-5,7-12H2,1-2H3/t14-,15?,16?,17?,19-,20+/m0/s1. The molecular weight excluding hydrogens is 302 g/mol. The van der Waals surface area contributed by atoms with Gasteiger partial charge in [0.1, 0.15) is 11.7 Å². The Morgan fingerprint density at radius 2 is 2.08 bits per heavy atom. The zero-order valence-electron chi connectivity index (χ0n) is 14.9. The third-order valence-electron chi connectivity index (χ3n) is 7.66. The van der Waals surface area contributed by atoms with E-state index in [0.717, 1.165) is 38.9 Å². The molecule has 0 N–H and O–H groups in total. The lowest BCUT2D eigenvalue weighted by molar-refractivity contribution is -0.146. The van der Waals surface area contributed by atoms with Crippen molar-refractivity contribution in [2.24, 2.45) is 17.8 Å². The molecule has 24 heavy (non-hydrogen) atoms. The summed E-state index contributed by atoms with van der Waals surface area (Å²) in [5, 5.41) is 0. The van der Waals surface area contributed by atoms with Crippen molar-refractivity contribution in [3.05, 3.63) is 11.6 Å². The normalized spacial score (nSPS) is 50.4. The Morgan fingerprint density at radius 3 is 2.88 bits per heavy atom. The number of esters is 1. The maximum Gasteiger partial charge on any atom is 0.310 e. The summed E-state index contributed by atoms with van der Waals surface area (Å²) in [6.45, 7) is 7.67. The number of fused-ring (bicyclic) bond motifs is 2. The molecule has 3 heterocycles. The van der Waals surface area contributed by atoms with Gasteiger partial charge in [0.25, 0.3) is 0 Å². The summed E-state index contributed by atoms with van der Waals surface area (Å²) >= 11 is 0. The van der Waals surface area contributed by atoms with E-state index in [2.05, 4.69) is 24.8 Å². The third-order valence-corrected chi connectivity index (χ3v) is 7.66. The van der Waals surface area contributed by atoms with Crippen LogP contribution in [0.25, 0.3) is 0 Å². The summed E-state index contributed by atoms with van der Waals surface area (Å²) in [5.41, 5.74) is 1.30. The van der Waals surface area contributed by atoms with Crippen LogP contribution >= 0.6 is 0 Å². The zero-order valence-corrected chi connectivity index (χ0v) is 14.9. The Kier molecular flexibility index (Phi) is 3.25. The van der Waals surface area contributed by atoms with Crippen LogP contribution in [0.4, 0.5) is 0 Å². The molecule has 1 spiro atoms. The first-order chi connectivity index (χ1) is 11.5. The van der Waals surface area contributed by atoms with E-state index in [0.29, 0.717) is 5.92 Å². The van der Waals surface area contributed by atoms with Crippen molar-refractivity contribution in [2.75, 3.05) is 19.6 Å². The molecule has 5 aliphatic rings. The Bertz CT molecular complexity index is 596. The number of piperidine rings is 1. The van der Waals surface area contributed by atoms with Crippen molar-refractivity contribution in [1.29, 1.82) is 0 Å². The highest BCUT2D eigenvalue weighted by atomic mass is 16.6. The van der Waals surface area contributed by atoms with E-state index in [1.54, 1.807) is 0 Å². The molecular formula is C20H29NO3. The summed E-state index contributed by atoms with van der Waals surface area (Å²) in [5.74, 6) is 0.774. The Balaban J connectivity index is 1.41. The van der Waals surface area contributed by atoms with Gasteiger partial charge in [0.15, 0.2) is 0 Å². The van der Waals surface area contributed by atoms with Gasteiger partial charge in [0, 0.05) is 18.4 Å². The average Bonchev–Trinajstić information content (AvgIpc) is 2.88. The number of epoxide rings is 1. The second-order valence-corrected chi connectivity index (χ2v) is 8.92. The fourth-order valence-corrected chi connectivity index (χ4v) is 6.21. The van der Waals surface area contributed by atoms with Gasteiger partial charge in [0.2, 0.25) is 0 Å². The van der Waals surface area contributed by atoms with Crippen LogP contribution in [0.5, 0.6) is 0 Å². The van der Waals surface area contributed by atoms with Gasteiger partial charge < -0.3 is 14.4 Å². The van der Waals surface area contributed by atoms with Crippen molar-refractivity contribution in [2.45, 2.75) is 69.7 Å². The highest BCUT2D eigenvalue weighted by molar-refractivity contribution is 5.76. The molecule has 0 bridgehead atoms. The van der Waals surface area contributed by atoms with Gasteiger partial charge in [-0.2, -0.15) is 0 Å². The molecule has 5 rings (SSSR count). The van der Waals surface area contributed by atoms with Gasteiger partial charge in [0.05, 0.1) is 11.5 Å². The number of hydrogen-bond acceptors (Lipinski definition) is 4. The lowest BCUT2D eigenvalue weighted by atomic mass is 9.77. The van der Waals surface area contributed by atoms with Crippen molar-refractivity contribution >= 4 is 5.97 Å². The van der Waals surface area contributed by atoms with Gasteiger partial charge in [-0.25, -0.2) is 0 Å². The van der Waals surface area contributed by atoms with Crippen molar-refractivity contribution in [1.82, 2.24) is 4.90 Å². The van der Waals surface area contributed by atoms with Crippen LogP contribution in [0.1, 0.15) is 52.4 Å². The predicted molar refractivity (Wildman–Crippen MR) is 90.5 cm³/mol. The molecule has 1 saturated carbocycles. The molecule has 0 radical (unpaired) electrons. The van der Waals surface area contributed by atoms with Gasteiger partial charge in [-0.15, -0.1) is 0 Å². The summed E-state index contributed by atoms with van der Waals surface area (Å²) in [6, 6.07) is 0. The minimum Gasteiger partial charge on any atom is -0.461 e. The molecule has 0 aromatic heterocycles. The smallest absolute Gasteiger partial charge is 0.310 e. The molecule has 3 aliphatic heterocycles. The first-order valence-corrected chi connectivity index (χ1v) is 9.84. The second-order valence-electron chi connectivity index (χ2n) is 8.92. The van der Waals surface area contributed by atoms with Crippen LogP contribution < -0.4 is 0 Å². The number of likely N-dealkylation sites (tertiary alicyclic amines) is 1. The highest BCUT2D eigenvalue weighted by Gasteiger charge is 2.75. The molecule has 6 atom stereocenters. The lowest BCUT2D eigenvalue weighted by Crippen LogP contribution is -2.40. The SMILES string of the molecule is CC1=CC[C@]23O[C@@]2(C)CC[C@H]2C(CN4CCCCC4)C(=O)OC2C13. The average molecular weight is 331 g/mol. The van der Waals surface area contributed by atoms with Crippen molar-refractivity contribution in [3.63, 3.8) is 0 Å². The van der Waals surface area contributed by atoms with Gasteiger partial charge in [-0.05, 0) is 59.0 Å². The minimum atomic E-state index is -0.0726. The van der Waals surface area contributed by atoms with E-state index in [1.165, 1.54) is 24.8 Å². The summed E-state index contributed by atoms with van der Waals surface area (Å²) in [4.78, 5) is 15.2. The van der Waals surface area contributed by atoms with Gasteiger partial charge in [-0.3, -0.25) is 4.79 Å². The summed E-state index contributed by atoms with van der Waals surface area (Å²) < 4.78 is 12.3. The summed E-state index contributed by atoms with van der Waals surface area (Å²) in [6.07, 6.45) is 9.37. The minimum absolute atomic E-state index is 0.00164. The molecule has 0 aromatic rings. The molecule has 3 unspecified atom stereocenters. The molecule has 0 amide bonds. The van der Waals surface area contributed by atoms with E-state index in [1.807, 2.05) is 0 Å². The van der Waals surface area contributed by atoms with Crippen LogP contribution in [0.3, 0.4) is 0 Å². The van der Waals surface area contributed by atoms with Crippen LogP contribution in [-0.4, -0.2) is 47.8 Å². The third kappa shape index (κ3) is 1.96. The molecule has 2 aliphatic carbocycles. The van der Waals surface area contributed by atoms with Crippen LogP contribution in [0.2, 0.25) is 0 Å². The topological polar surface area (TPSA) is 42.1 Å². The van der Waals surface area contributed by atoms with E-state index in [-0.39, 0.29) is 35.1 Å². The van der Waals surface area contributed by atoms with E-state index < -0.39 is 0 Å². The van der Waals surface area contributed by atoms with Gasteiger partial charge >= 0.3 is 5.97 Å². The number of rotatable bonds is 2. The van der Waals surface area contributed by atoms with Crippen LogP contribution in [0, 0.1) is 17.8 Å². The highest BCUT2D eigenvalue weighted by Crippen LogP contribution is 2.67. The predicted octanol–water partition coefficient (Wildman–Crippen LogP) is 2.92. The number of ether oxygens (including phenoxy) is 2. The number of nitrogens with zero attached hydrogens (tertiary/aromatic N) is 1. The second kappa shape index (κ2) is 5.07. The molecule has 132 valence electrons. The van der Waals surface area contributed by atoms with Gasteiger partial charge in [-0.1, -0.05) is 18.1 Å². The largest absolute Gasteiger partial charge is 0.461 e. The molecule has 4 nitrogen and oxygen atoms in total. The van der Waals surface area contributed by atoms with E-state index in [9.17, 15) is 4.79 Å². The maximum atomic E-state index is 12.7. The fraction of sp³-hybridized carbons (Fsp3) is 0.850. The van der Waals surface area contributed by atoms with Crippen LogP contribution in [-0.2, 0) is 14.3 Å². The first kappa shape index (κ1) is 15.4. The van der Waals surface area contributed by atoms with E-state index in [4.69, 9.17) is 9.47 Å². The molecule has 3 saturated heterocycles. The quantitative estimate of drug-likeness (QED) is 0.443. The van der Waals surface area contributed by atoms with E-state index >= 15 is 0 Å². The van der Waals surface area contributed by atoms with Crippen molar-refractivity contribution in [3.8, 4) is 0 Å². The lowest BCUT2D eigenvalue weighted by Gasteiger charge is -2.31.